The Bertz CT molecular complexity index is 1150. The monoisotopic (exact) mass is 454 g/mol. The number of nitrogen functional groups attached to an aromatic ring is 1. The predicted octanol–water partition coefficient (Wildman–Crippen LogP) is 3.71. The van der Waals surface area contributed by atoms with Gasteiger partial charge in [0.05, 0.1) is 0 Å². The molecule has 0 aliphatic carbocycles. The van der Waals surface area contributed by atoms with Gasteiger partial charge < -0.3 is 21.1 Å². The van der Waals surface area contributed by atoms with Crippen molar-refractivity contribution in [3.63, 3.8) is 0 Å². The summed E-state index contributed by atoms with van der Waals surface area (Å²) in [7, 11) is 0. The van der Waals surface area contributed by atoms with E-state index in [1.165, 1.54) is 30.3 Å². The Balaban J connectivity index is 1.68. The lowest BCUT2D eigenvalue weighted by Crippen LogP contribution is -2.24. The number of ether oxygens (including phenoxy) is 1. The van der Waals surface area contributed by atoms with E-state index in [0.717, 1.165) is 0 Å². The number of halogens is 2. The normalized spacial score (nSPS) is 10.3. The highest BCUT2D eigenvalue weighted by Gasteiger charge is 2.12. The molecular weight excluding hydrogens is 435 g/mol. The van der Waals surface area contributed by atoms with Crippen molar-refractivity contribution < 1.29 is 18.7 Å². The largest absolute Gasteiger partial charge is 0.483 e. The van der Waals surface area contributed by atoms with Gasteiger partial charge in [0.25, 0.3) is 11.8 Å². The highest BCUT2D eigenvalue weighted by Crippen LogP contribution is 2.21. The number of carbonyl (C=O) groups is 2. The summed E-state index contributed by atoms with van der Waals surface area (Å²) >= 11 is 5.93. The lowest BCUT2D eigenvalue weighted by Gasteiger charge is -2.14. The molecule has 7 nitrogen and oxygen atoms in total. The summed E-state index contributed by atoms with van der Waals surface area (Å²) in [6, 6.07) is 16.6. The first-order chi connectivity index (χ1) is 15.3. The third-order valence-electron chi connectivity index (χ3n) is 4.39. The molecule has 2 amide bonds. The smallest absolute Gasteiger partial charge is 0.262 e. The van der Waals surface area contributed by atoms with Crippen LogP contribution in [0.3, 0.4) is 0 Å². The van der Waals surface area contributed by atoms with E-state index in [2.05, 4.69) is 10.6 Å². The Morgan fingerprint density at radius 3 is 2.47 bits per heavy atom. The number of benzene rings is 3. The van der Waals surface area contributed by atoms with E-state index in [4.69, 9.17) is 27.5 Å². The third-order valence-corrected chi connectivity index (χ3v) is 4.63. The molecule has 0 aromatic heterocycles. The van der Waals surface area contributed by atoms with Gasteiger partial charge >= 0.3 is 0 Å². The summed E-state index contributed by atoms with van der Waals surface area (Å²) in [5.74, 6) is -1.08. The lowest BCUT2D eigenvalue weighted by molar-refractivity contribution is -0.118. The van der Waals surface area contributed by atoms with Gasteiger partial charge in [0.2, 0.25) is 0 Å². The minimum Gasteiger partial charge on any atom is -0.483 e. The van der Waals surface area contributed by atoms with Crippen LogP contribution in [-0.2, 0) is 11.3 Å². The van der Waals surface area contributed by atoms with Gasteiger partial charge in [-0.05, 0) is 48.5 Å². The summed E-state index contributed by atoms with van der Waals surface area (Å²) in [4.78, 5) is 24.6. The van der Waals surface area contributed by atoms with Gasteiger partial charge in [0.1, 0.15) is 17.4 Å². The molecular formula is C23H20ClFN4O3. The van der Waals surface area contributed by atoms with Crippen molar-refractivity contribution in [1.82, 2.24) is 5.32 Å². The minimum atomic E-state index is -0.459. The van der Waals surface area contributed by atoms with Crippen LogP contribution >= 0.6 is 11.6 Å². The fourth-order valence-corrected chi connectivity index (χ4v) is 2.97. The summed E-state index contributed by atoms with van der Waals surface area (Å²) in [6.07, 6.45) is 0. The molecule has 0 aliphatic rings. The number of nitrogens with two attached hydrogens (primary N) is 1. The number of carbonyl (C=O) groups excluding carboxylic acids is 2. The van der Waals surface area contributed by atoms with Crippen LogP contribution in [0.1, 0.15) is 21.5 Å². The van der Waals surface area contributed by atoms with Crippen LogP contribution in [0, 0.1) is 11.2 Å². The van der Waals surface area contributed by atoms with Crippen LogP contribution in [0.4, 0.5) is 10.1 Å². The van der Waals surface area contributed by atoms with E-state index in [1.54, 1.807) is 36.4 Å². The van der Waals surface area contributed by atoms with E-state index < -0.39 is 11.7 Å². The number of anilines is 1. The zero-order valence-electron chi connectivity index (χ0n) is 16.8. The van der Waals surface area contributed by atoms with Gasteiger partial charge in [0, 0.05) is 33.9 Å². The second-order valence-electron chi connectivity index (χ2n) is 6.77. The molecule has 3 aromatic carbocycles. The molecule has 0 unspecified atom stereocenters. The Kier molecular flexibility index (Phi) is 7.41. The standard InChI is InChI=1S/C23H20ClFN4O3/c24-17-3-1-2-15(10-17)23(31)28-12-16-5-4-14(22(26)27)11-20(16)32-13-21(30)29-19-8-6-18(25)7-9-19/h1-11H,12-13H2,(H3,26,27)(H,28,31)(H,29,30). The molecule has 9 heteroatoms. The van der Waals surface area contributed by atoms with Crippen molar-refractivity contribution in [2.75, 3.05) is 11.9 Å². The van der Waals surface area contributed by atoms with Crippen molar-refractivity contribution in [1.29, 1.82) is 5.41 Å². The van der Waals surface area contributed by atoms with Gasteiger partial charge in [-0.2, -0.15) is 0 Å². The van der Waals surface area contributed by atoms with Crippen LogP contribution in [0.5, 0.6) is 5.75 Å². The quantitative estimate of drug-likeness (QED) is 0.306. The van der Waals surface area contributed by atoms with Gasteiger partial charge in [-0.25, -0.2) is 4.39 Å². The van der Waals surface area contributed by atoms with Crippen molar-refractivity contribution in [3.05, 3.63) is 94.3 Å². The number of amidine groups is 1. The molecule has 32 heavy (non-hydrogen) atoms. The third kappa shape index (κ3) is 6.29. The average molecular weight is 455 g/mol. The van der Waals surface area contributed by atoms with E-state index in [-0.39, 0.29) is 24.9 Å². The van der Waals surface area contributed by atoms with Crippen molar-refractivity contribution in [2.24, 2.45) is 5.73 Å². The molecule has 0 bridgehead atoms. The Labute approximate surface area is 188 Å². The maximum atomic E-state index is 13.0. The highest BCUT2D eigenvalue weighted by molar-refractivity contribution is 6.30. The topological polar surface area (TPSA) is 117 Å². The fraction of sp³-hybridized carbons (Fsp3) is 0.0870. The molecule has 164 valence electrons. The molecule has 0 atom stereocenters. The molecule has 3 aromatic rings. The molecule has 0 radical (unpaired) electrons. The Morgan fingerprint density at radius 1 is 1.03 bits per heavy atom. The van der Waals surface area contributed by atoms with E-state index >= 15 is 0 Å². The summed E-state index contributed by atoms with van der Waals surface area (Å²) in [5.41, 5.74) is 7.37. The van der Waals surface area contributed by atoms with E-state index in [1.807, 2.05) is 0 Å². The summed E-state index contributed by atoms with van der Waals surface area (Å²) in [6.45, 7) is -0.230. The van der Waals surface area contributed by atoms with Crippen LogP contribution in [0.2, 0.25) is 5.02 Å². The lowest BCUT2D eigenvalue weighted by atomic mass is 10.1. The zero-order chi connectivity index (χ0) is 23.1. The number of rotatable bonds is 8. The molecule has 0 saturated heterocycles. The Morgan fingerprint density at radius 2 is 1.78 bits per heavy atom. The van der Waals surface area contributed by atoms with Crippen molar-refractivity contribution in [2.45, 2.75) is 6.54 Å². The SMILES string of the molecule is N=C(N)c1ccc(CNC(=O)c2cccc(Cl)c2)c(OCC(=O)Nc2ccc(F)cc2)c1. The average Bonchev–Trinajstić information content (AvgIpc) is 2.77. The Hall–Kier alpha value is -3.91. The number of amides is 2. The first-order valence-electron chi connectivity index (χ1n) is 9.51. The summed E-state index contributed by atoms with van der Waals surface area (Å²) in [5, 5.41) is 13.4. The van der Waals surface area contributed by atoms with Crippen LogP contribution in [-0.4, -0.2) is 24.3 Å². The first-order valence-corrected chi connectivity index (χ1v) is 9.89. The fourth-order valence-electron chi connectivity index (χ4n) is 2.78. The minimum absolute atomic E-state index is 0.110. The van der Waals surface area contributed by atoms with Crippen LogP contribution in [0.15, 0.2) is 66.7 Å². The maximum absolute atomic E-state index is 13.0. The van der Waals surface area contributed by atoms with Gasteiger partial charge in [-0.3, -0.25) is 15.0 Å². The van der Waals surface area contributed by atoms with E-state index in [9.17, 15) is 14.0 Å². The zero-order valence-corrected chi connectivity index (χ0v) is 17.6. The van der Waals surface area contributed by atoms with Crippen LogP contribution < -0.4 is 21.1 Å². The second kappa shape index (κ2) is 10.4. The van der Waals surface area contributed by atoms with Crippen molar-refractivity contribution in [3.8, 4) is 5.75 Å². The first kappa shape index (κ1) is 22.8. The number of hydrogen-bond acceptors (Lipinski definition) is 4. The second-order valence-corrected chi connectivity index (χ2v) is 7.21. The van der Waals surface area contributed by atoms with Crippen LogP contribution in [0.25, 0.3) is 0 Å². The van der Waals surface area contributed by atoms with Crippen molar-refractivity contribution >= 4 is 34.9 Å². The maximum Gasteiger partial charge on any atom is 0.262 e. The van der Waals surface area contributed by atoms with E-state index in [0.29, 0.717) is 33.1 Å². The molecule has 3 rings (SSSR count). The molecule has 0 saturated carbocycles. The predicted molar refractivity (Wildman–Crippen MR) is 121 cm³/mol. The highest BCUT2D eigenvalue weighted by atomic mass is 35.5. The number of hydrogen-bond donors (Lipinski definition) is 4. The molecule has 0 spiro atoms. The summed E-state index contributed by atoms with van der Waals surface area (Å²) < 4.78 is 18.6. The molecule has 0 fully saturated rings. The molecule has 5 N–H and O–H groups in total. The van der Waals surface area contributed by atoms with Gasteiger partial charge in [-0.1, -0.05) is 29.8 Å². The molecule has 0 aliphatic heterocycles. The van der Waals surface area contributed by atoms with Gasteiger partial charge in [-0.15, -0.1) is 0 Å². The van der Waals surface area contributed by atoms with Gasteiger partial charge in [0.15, 0.2) is 6.61 Å². The number of nitrogens with one attached hydrogen (secondary N) is 3. The molecule has 0 heterocycles.